The Kier molecular flexibility index (Phi) is 3.88. The Morgan fingerprint density at radius 2 is 2.25 bits per heavy atom. The molecule has 0 amide bonds. The van der Waals surface area contributed by atoms with Gasteiger partial charge in [-0.05, 0) is 45.7 Å². The third kappa shape index (κ3) is 2.58. The van der Waals surface area contributed by atoms with Gasteiger partial charge in [0.15, 0.2) is 0 Å². The zero-order chi connectivity index (χ0) is 11.6. The lowest BCUT2D eigenvalue weighted by Crippen LogP contribution is -2.42. The van der Waals surface area contributed by atoms with Crippen LogP contribution >= 0.6 is 0 Å². The molecule has 0 aromatic rings. The molecule has 2 fully saturated rings. The van der Waals surface area contributed by atoms with E-state index >= 15 is 0 Å². The van der Waals surface area contributed by atoms with E-state index in [9.17, 15) is 0 Å². The Morgan fingerprint density at radius 3 is 2.94 bits per heavy atom. The molecule has 3 heteroatoms. The van der Waals surface area contributed by atoms with Gasteiger partial charge < -0.3 is 15.0 Å². The van der Waals surface area contributed by atoms with Gasteiger partial charge in [0.05, 0.1) is 6.61 Å². The predicted molar refractivity (Wildman–Crippen MR) is 66.7 cm³/mol. The number of rotatable bonds is 3. The Labute approximate surface area is 99.5 Å². The molecule has 94 valence electrons. The van der Waals surface area contributed by atoms with Gasteiger partial charge in [-0.25, -0.2) is 0 Å². The monoisotopic (exact) mass is 226 g/mol. The van der Waals surface area contributed by atoms with Crippen molar-refractivity contribution >= 4 is 0 Å². The van der Waals surface area contributed by atoms with E-state index in [-0.39, 0.29) is 5.54 Å². The highest BCUT2D eigenvalue weighted by Crippen LogP contribution is 2.32. The van der Waals surface area contributed by atoms with Crippen molar-refractivity contribution in [3.8, 4) is 0 Å². The van der Waals surface area contributed by atoms with E-state index in [4.69, 9.17) is 4.74 Å². The van der Waals surface area contributed by atoms with Gasteiger partial charge in [-0.15, -0.1) is 0 Å². The first-order valence-electron chi connectivity index (χ1n) is 6.59. The van der Waals surface area contributed by atoms with Crippen molar-refractivity contribution in [3.05, 3.63) is 0 Å². The lowest BCUT2D eigenvalue weighted by molar-refractivity contribution is 0.110. The molecule has 0 aromatic carbocycles. The van der Waals surface area contributed by atoms with Gasteiger partial charge in [0.2, 0.25) is 0 Å². The van der Waals surface area contributed by atoms with Crippen molar-refractivity contribution in [2.24, 2.45) is 5.92 Å². The lowest BCUT2D eigenvalue weighted by atomic mass is 9.86. The molecule has 1 N–H and O–H groups in total. The second kappa shape index (κ2) is 5.03. The van der Waals surface area contributed by atoms with Crippen molar-refractivity contribution in [1.29, 1.82) is 0 Å². The second-order valence-corrected chi connectivity index (χ2v) is 5.88. The fourth-order valence-electron chi connectivity index (χ4n) is 3.50. The highest BCUT2D eigenvalue weighted by Gasteiger charge is 2.39. The molecule has 0 aliphatic carbocycles. The Hall–Kier alpha value is -0.120. The first kappa shape index (κ1) is 12.3. The van der Waals surface area contributed by atoms with Crippen molar-refractivity contribution in [1.82, 2.24) is 10.2 Å². The van der Waals surface area contributed by atoms with Crippen LogP contribution in [-0.2, 0) is 4.74 Å². The number of hydrogen-bond donors (Lipinski definition) is 1. The van der Waals surface area contributed by atoms with Gasteiger partial charge in [-0.2, -0.15) is 0 Å². The van der Waals surface area contributed by atoms with Crippen LogP contribution in [0.1, 0.15) is 32.6 Å². The van der Waals surface area contributed by atoms with E-state index in [1.165, 1.54) is 32.2 Å². The third-order valence-electron chi connectivity index (χ3n) is 4.34. The van der Waals surface area contributed by atoms with Crippen LogP contribution in [0.2, 0.25) is 0 Å². The second-order valence-electron chi connectivity index (χ2n) is 5.88. The molecule has 2 rings (SSSR count). The third-order valence-corrected chi connectivity index (χ3v) is 4.34. The van der Waals surface area contributed by atoms with E-state index in [0.29, 0.717) is 0 Å². The fraction of sp³-hybridized carbons (Fsp3) is 1.00. The van der Waals surface area contributed by atoms with Crippen molar-refractivity contribution in [3.63, 3.8) is 0 Å². The number of hydrogen-bond acceptors (Lipinski definition) is 3. The van der Waals surface area contributed by atoms with E-state index in [1.807, 2.05) is 0 Å². The molecule has 16 heavy (non-hydrogen) atoms. The summed E-state index contributed by atoms with van der Waals surface area (Å²) in [5, 5.41) is 3.65. The number of likely N-dealkylation sites (tertiary alicyclic amines) is 1. The normalized spacial score (nSPS) is 41.4. The highest BCUT2D eigenvalue weighted by atomic mass is 16.5. The predicted octanol–water partition coefficient (Wildman–Crippen LogP) is 1.49. The quantitative estimate of drug-likeness (QED) is 0.789. The molecule has 0 radical (unpaired) electrons. The van der Waals surface area contributed by atoms with Crippen LogP contribution in [0.15, 0.2) is 0 Å². The molecule has 0 aromatic heterocycles. The van der Waals surface area contributed by atoms with Crippen LogP contribution in [0.4, 0.5) is 0 Å². The molecule has 2 aliphatic heterocycles. The number of ether oxygens (including phenoxy) is 1. The zero-order valence-electron chi connectivity index (χ0n) is 11.0. The summed E-state index contributed by atoms with van der Waals surface area (Å²) in [6.07, 6.45) is 5.43. The van der Waals surface area contributed by atoms with Gasteiger partial charge in [0.1, 0.15) is 0 Å². The molecule has 3 unspecified atom stereocenters. The van der Waals surface area contributed by atoms with Crippen LogP contribution in [0.5, 0.6) is 0 Å². The average molecular weight is 226 g/mol. The maximum Gasteiger partial charge on any atom is 0.0641 e. The molecular weight excluding hydrogens is 200 g/mol. The van der Waals surface area contributed by atoms with E-state index < -0.39 is 0 Å². The molecule has 0 spiro atoms. The van der Waals surface area contributed by atoms with Gasteiger partial charge in [0.25, 0.3) is 0 Å². The minimum atomic E-state index is 0.206. The summed E-state index contributed by atoms with van der Waals surface area (Å²) in [4.78, 5) is 2.56. The number of methoxy groups -OCH3 is 1. The van der Waals surface area contributed by atoms with Gasteiger partial charge in [-0.3, -0.25) is 0 Å². The van der Waals surface area contributed by atoms with Crippen molar-refractivity contribution in [2.75, 3.05) is 33.9 Å². The lowest BCUT2D eigenvalue weighted by Gasteiger charge is -2.36. The Balaban J connectivity index is 1.92. The number of piperidine rings is 1. The Morgan fingerprint density at radius 1 is 1.44 bits per heavy atom. The largest absolute Gasteiger partial charge is 0.383 e. The van der Waals surface area contributed by atoms with Gasteiger partial charge >= 0.3 is 0 Å². The summed E-state index contributed by atoms with van der Waals surface area (Å²) in [6.45, 7) is 5.57. The van der Waals surface area contributed by atoms with Crippen LogP contribution < -0.4 is 5.32 Å². The minimum Gasteiger partial charge on any atom is -0.383 e. The summed E-state index contributed by atoms with van der Waals surface area (Å²) in [6, 6.07) is 0.792. The molecule has 0 bridgehead atoms. The maximum atomic E-state index is 5.32. The minimum absolute atomic E-state index is 0.206. The standard InChI is InChI=1S/C13H26N2O/c1-13(10-16-3)8-11(9-14-13)12-6-4-5-7-15(12)2/h11-12,14H,4-10H2,1-3H3. The van der Waals surface area contributed by atoms with E-state index in [0.717, 1.165) is 25.1 Å². The smallest absolute Gasteiger partial charge is 0.0641 e. The van der Waals surface area contributed by atoms with Crippen LogP contribution in [0, 0.1) is 5.92 Å². The highest BCUT2D eigenvalue weighted by molar-refractivity contribution is 4.98. The van der Waals surface area contributed by atoms with Crippen LogP contribution in [0.3, 0.4) is 0 Å². The number of nitrogens with one attached hydrogen (secondary N) is 1. The SMILES string of the molecule is COCC1(C)CC(C2CCCCN2C)CN1. The summed E-state index contributed by atoms with van der Waals surface area (Å²) >= 11 is 0. The molecule has 3 nitrogen and oxygen atoms in total. The molecule has 2 heterocycles. The van der Waals surface area contributed by atoms with Gasteiger partial charge in [0, 0.05) is 25.2 Å². The average Bonchev–Trinajstić information content (AvgIpc) is 2.62. The summed E-state index contributed by atoms with van der Waals surface area (Å²) in [5.74, 6) is 0.811. The molecular formula is C13H26N2O. The summed E-state index contributed by atoms with van der Waals surface area (Å²) in [5.41, 5.74) is 0.206. The molecule has 2 saturated heterocycles. The maximum absolute atomic E-state index is 5.32. The topological polar surface area (TPSA) is 24.5 Å². The molecule has 0 saturated carbocycles. The van der Waals surface area contributed by atoms with Crippen molar-refractivity contribution < 1.29 is 4.74 Å². The number of nitrogens with zero attached hydrogens (tertiary/aromatic N) is 1. The molecule has 3 atom stereocenters. The van der Waals surface area contributed by atoms with E-state index in [2.05, 4.69) is 24.2 Å². The van der Waals surface area contributed by atoms with Crippen LogP contribution in [-0.4, -0.2) is 50.3 Å². The first-order valence-corrected chi connectivity index (χ1v) is 6.59. The van der Waals surface area contributed by atoms with Gasteiger partial charge in [-0.1, -0.05) is 6.42 Å². The molecule has 2 aliphatic rings. The van der Waals surface area contributed by atoms with Crippen LogP contribution in [0.25, 0.3) is 0 Å². The van der Waals surface area contributed by atoms with Crippen molar-refractivity contribution in [2.45, 2.75) is 44.2 Å². The summed E-state index contributed by atoms with van der Waals surface area (Å²) < 4.78 is 5.32. The zero-order valence-corrected chi connectivity index (χ0v) is 11.0. The fourth-order valence-corrected chi connectivity index (χ4v) is 3.50. The Bertz CT molecular complexity index is 234. The van der Waals surface area contributed by atoms with E-state index in [1.54, 1.807) is 7.11 Å². The first-order chi connectivity index (χ1) is 7.64. The summed E-state index contributed by atoms with van der Waals surface area (Å²) in [7, 11) is 4.09.